The number of rotatable bonds is 8. The molecule has 0 saturated heterocycles. The summed E-state index contributed by atoms with van der Waals surface area (Å²) in [6.45, 7) is 5.92. The smallest absolute Gasteiger partial charge is 0.0249 e. The van der Waals surface area contributed by atoms with Crippen molar-refractivity contribution in [2.24, 2.45) is 5.92 Å². The van der Waals surface area contributed by atoms with Gasteiger partial charge in [0.05, 0.1) is 0 Å². The zero-order valence-electron chi connectivity index (χ0n) is 8.19. The molecule has 0 heterocycles. The fourth-order valence-electron chi connectivity index (χ4n) is 1.21. The lowest BCUT2D eigenvalue weighted by molar-refractivity contribution is 0.525. The molecule has 0 saturated carbocycles. The molecule has 72 valence electrons. The van der Waals surface area contributed by atoms with E-state index in [1.165, 1.54) is 38.5 Å². The van der Waals surface area contributed by atoms with Crippen LogP contribution in [0.2, 0.25) is 0 Å². The molecule has 0 aromatic heterocycles. The summed E-state index contributed by atoms with van der Waals surface area (Å²) in [6.07, 6.45) is 9.81. The summed E-state index contributed by atoms with van der Waals surface area (Å²) in [7, 11) is 0. The highest BCUT2D eigenvalue weighted by molar-refractivity contribution is 6.18. The van der Waals surface area contributed by atoms with E-state index in [4.69, 9.17) is 11.6 Å². The molecule has 0 rings (SSSR count). The number of hydrogen-bond acceptors (Lipinski definition) is 0. The Balaban J connectivity index is 2.95. The maximum atomic E-state index is 5.70. The van der Waals surface area contributed by atoms with Crippen molar-refractivity contribution in [3.63, 3.8) is 0 Å². The predicted octanol–water partition coefficient (Wildman–Crippen LogP) is 4.39. The van der Waals surface area contributed by atoms with Crippen LogP contribution in [0.1, 0.15) is 45.4 Å². The Morgan fingerprint density at radius 3 is 2.50 bits per heavy atom. The average Bonchev–Trinajstić information content (AvgIpc) is 2.10. The normalized spacial score (nSPS) is 12.8. The lowest BCUT2D eigenvalue weighted by atomic mass is 10.0. The monoisotopic (exact) mass is 188 g/mol. The van der Waals surface area contributed by atoms with Crippen molar-refractivity contribution in [1.82, 2.24) is 0 Å². The Bertz CT molecular complexity index is 99.2. The molecule has 0 aromatic rings. The van der Waals surface area contributed by atoms with Crippen molar-refractivity contribution >= 4 is 11.6 Å². The lowest BCUT2D eigenvalue weighted by Crippen LogP contribution is -1.95. The number of allylic oxidation sites excluding steroid dienone is 1. The Morgan fingerprint density at radius 1 is 1.25 bits per heavy atom. The molecule has 0 aliphatic rings. The van der Waals surface area contributed by atoms with E-state index in [-0.39, 0.29) is 0 Å². The molecule has 1 atom stereocenters. The van der Waals surface area contributed by atoms with E-state index in [9.17, 15) is 0 Å². The number of halogens is 1. The molecule has 0 aliphatic carbocycles. The minimum absolute atomic E-state index is 0.700. The second-order valence-electron chi connectivity index (χ2n) is 3.54. The Hall–Kier alpha value is 0.0300. The Kier molecular flexibility index (Phi) is 9.14. The summed E-state index contributed by atoms with van der Waals surface area (Å²) in [6, 6.07) is 0. The van der Waals surface area contributed by atoms with Gasteiger partial charge in [0, 0.05) is 5.88 Å². The van der Waals surface area contributed by atoms with E-state index in [0.717, 1.165) is 5.88 Å². The van der Waals surface area contributed by atoms with E-state index in [1.807, 2.05) is 6.08 Å². The second-order valence-corrected chi connectivity index (χ2v) is 3.85. The van der Waals surface area contributed by atoms with Gasteiger partial charge >= 0.3 is 0 Å². The summed E-state index contributed by atoms with van der Waals surface area (Å²) in [4.78, 5) is 0. The third-order valence-corrected chi connectivity index (χ3v) is 2.65. The fraction of sp³-hybridized carbons (Fsp3) is 0.818. The largest absolute Gasteiger partial charge is 0.126 e. The molecular weight excluding hydrogens is 168 g/mol. The minimum Gasteiger partial charge on any atom is -0.126 e. The SMILES string of the molecule is C=CCCCCCCC(C)CCl. The van der Waals surface area contributed by atoms with Crippen LogP contribution in [0.25, 0.3) is 0 Å². The first-order valence-electron chi connectivity index (χ1n) is 4.98. The van der Waals surface area contributed by atoms with E-state index < -0.39 is 0 Å². The average molecular weight is 189 g/mol. The Morgan fingerprint density at radius 2 is 1.92 bits per heavy atom. The van der Waals surface area contributed by atoms with Crippen molar-refractivity contribution in [2.45, 2.75) is 45.4 Å². The second kappa shape index (κ2) is 9.12. The van der Waals surface area contributed by atoms with Gasteiger partial charge in [-0.1, -0.05) is 32.3 Å². The Labute approximate surface area is 82.0 Å². The third kappa shape index (κ3) is 8.13. The van der Waals surface area contributed by atoms with Crippen LogP contribution in [-0.4, -0.2) is 5.88 Å². The maximum absolute atomic E-state index is 5.70. The molecule has 0 fully saturated rings. The van der Waals surface area contributed by atoms with Gasteiger partial charge in [-0.3, -0.25) is 0 Å². The van der Waals surface area contributed by atoms with Gasteiger partial charge in [-0.2, -0.15) is 0 Å². The summed E-state index contributed by atoms with van der Waals surface area (Å²) in [5, 5.41) is 0. The maximum Gasteiger partial charge on any atom is 0.0249 e. The molecule has 12 heavy (non-hydrogen) atoms. The summed E-state index contributed by atoms with van der Waals surface area (Å²) < 4.78 is 0. The summed E-state index contributed by atoms with van der Waals surface area (Å²) >= 11 is 5.70. The molecule has 1 unspecified atom stereocenters. The standard InChI is InChI=1S/C11H21Cl/c1-3-4-5-6-7-8-9-11(2)10-12/h3,11H,1,4-10H2,2H3. The van der Waals surface area contributed by atoms with E-state index >= 15 is 0 Å². The topological polar surface area (TPSA) is 0 Å². The molecule has 0 bridgehead atoms. The highest BCUT2D eigenvalue weighted by atomic mass is 35.5. The molecule has 0 aromatic carbocycles. The molecule has 0 N–H and O–H groups in total. The van der Waals surface area contributed by atoms with E-state index in [0.29, 0.717) is 5.92 Å². The molecular formula is C11H21Cl. The molecule has 0 radical (unpaired) electrons. The summed E-state index contributed by atoms with van der Waals surface area (Å²) in [5.74, 6) is 1.51. The molecule has 0 amide bonds. The van der Waals surface area contributed by atoms with Crippen LogP contribution >= 0.6 is 11.6 Å². The third-order valence-electron chi connectivity index (χ3n) is 2.12. The van der Waals surface area contributed by atoms with Crippen molar-refractivity contribution < 1.29 is 0 Å². The zero-order chi connectivity index (χ0) is 9.23. The van der Waals surface area contributed by atoms with E-state index in [1.54, 1.807) is 0 Å². The number of unbranched alkanes of at least 4 members (excludes halogenated alkanes) is 4. The van der Waals surface area contributed by atoms with Crippen molar-refractivity contribution in [3.05, 3.63) is 12.7 Å². The first-order valence-corrected chi connectivity index (χ1v) is 5.51. The predicted molar refractivity (Wildman–Crippen MR) is 57.8 cm³/mol. The van der Waals surface area contributed by atoms with Crippen LogP contribution in [0.15, 0.2) is 12.7 Å². The number of hydrogen-bond donors (Lipinski definition) is 0. The number of alkyl halides is 1. The van der Waals surface area contributed by atoms with Crippen LogP contribution in [-0.2, 0) is 0 Å². The van der Waals surface area contributed by atoms with Gasteiger partial charge in [0.15, 0.2) is 0 Å². The fourth-order valence-corrected chi connectivity index (χ4v) is 1.37. The molecule has 0 nitrogen and oxygen atoms in total. The van der Waals surface area contributed by atoms with Crippen molar-refractivity contribution in [2.75, 3.05) is 5.88 Å². The first kappa shape index (κ1) is 12.0. The highest BCUT2D eigenvalue weighted by Crippen LogP contribution is 2.12. The van der Waals surface area contributed by atoms with Gasteiger partial charge in [0.25, 0.3) is 0 Å². The summed E-state index contributed by atoms with van der Waals surface area (Å²) in [5.41, 5.74) is 0. The van der Waals surface area contributed by atoms with Gasteiger partial charge < -0.3 is 0 Å². The van der Waals surface area contributed by atoms with Gasteiger partial charge in [0.2, 0.25) is 0 Å². The van der Waals surface area contributed by atoms with E-state index in [2.05, 4.69) is 13.5 Å². The lowest BCUT2D eigenvalue weighted by Gasteiger charge is -2.05. The van der Waals surface area contributed by atoms with Crippen LogP contribution in [0, 0.1) is 5.92 Å². The van der Waals surface area contributed by atoms with Gasteiger partial charge in [-0.15, -0.1) is 18.2 Å². The molecule has 0 aliphatic heterocycles. The van der Waals surface area contributed by atoms with Gasteiger partial charge in [0.1, 0.15) is 0 Å². The van der Waals surface area contributed by atoms with Crippen molar-refractivity contribution in [3.8, 4) is 0 Å². The van der Waals surface area contributed by atoms with Crippen LogP contribution in [0.4, 0.5) is 0 Å². The quantitative estimate of drug-likeness (QED) is 0.301. The molecule has 0 spiro atoms. The van der Waals surface area contributed by atoms with Crippen LogP contribution < -0.4 is 0 Å². The van der Waals surface area contributed by atoms with Crippen LogP contribution in [0.3, 0.4) is 0 Å². The van der Waals surface area contributed by atoms with Gasteiger partial charge in [-0.25, -0.2) is 0 Å². The highest BCUT2D eigenvalue weighted by Gasteiger charge is 1.98. The van der Waals surface area contributed by atoms with Crippen molar-refractivity contribution in [1.29, 1.82) is 0 Å². The molecule has 1 heteroatoms. The first-order chi connectivity index (χ1) is 5.81. The van der Waals surface area contributed by atoms with Crippen LogP contribution in [0.5, 0.6) is 0 Å². The minimum atomic E-state index is 0.700. The van der Waals surface area contributed by atoms with Gasteiger partial charge in [-0.05, 0) is 25.2 Å². The zero-order valence-corrected chi connectivity index (χ0v) is 8.95.